The number of ether oxygens (including phenoxy) is 2. The molecule has 18 heavy (non-hydrogen) atoms. The van der Waals surface area contributed by atoms with Gasteiger partial charge in [-0.2, -0.15) is 0 Å². The highest BCUT2D eigenvalue weighted by Gasteiger charge is 2.30. The molecular formula is C13H24N2O3. The number of methoxy groups -OCH3 is 1. The molecule has 3 atom stereocenters. The molecule has 104 valence electrons. The summed E-state index contributed by atoms with van der Waals surface area (Å²) in [7, 11) is 1.65. The molecule has 1 amide bonds. The summed E-state index contributed by atoms with van der Waals surface area (Å²) >= 11 is 0. The maximum atomic E-state index is 12.2. The molecule has 1 unspecified atom stereocenters. The van der Waals surface area contributed by atoms with Crippen LogP contribution >= 0.6 is 0 Å². The summed E-state index contributed by atoms with van der Waals surface area (Å²) in [6.45, 7) is 2.50. The van der Waals surface area contributed by atoms with Crippen molar-refractivity contribution in [3.63, 3.8) is 0 Å². The molecule has 2 fully saturated rings. The van der Waals surface area contributed by atoms with Crippen LogP contribution in [0.15, 0.2) is 0 Å². The van der Waals surface area contributed by atoms with Crippen molar-refractivity contribution in [3.05, 3.63) is 0 Å². The van der Waals surface area contributed by atoms with Crippen LogP contribution in [0.5, 0.6) is 0 Å². The van der Waals surface area contributed by atoms with E-state index in [1.54, 1.807) is 7.11 Å². The van der Waals surface area contributed by atoms with Gasteiger partial charge in [0, 0.05) is 32.7 Å². The summed E-state index contributed by atoms with van der Waals surface area (Å²) < 4.78 is 10.6. The van der Waals surface area contributed by atoms with Gasteiger partial charge in [0.15, 0.2) is 0 Å². The van der Waals surface area contributed by atoms with Gasteiger partial charge in [0.25, 0.3) is 0 Å². The average Bonchev–Trinajstić information content (AvgIpc) is 2.76. The Morgan fingerprint density at radius 2 is 2.33 bits per heavy atom. The topological polar surface area (TPSA) is 64.8 Å². The van der Waals surface area contributed by atoms with Gasteiger partial charge >= 0.3 is 0 Å². The van der Waals surface area contributed by atoms with Gasteiger partial charge in [-0.25, -0.2) is 0 Å². The average molecular weight is 256 g/mol. The van der Waals surface area contributed by atoms with E-state index in [4.69, 9.17) is 15.2 Å². The summed E-state index contributed by atoms with van der Waals surface area (Å²) in [5.74, 6) is 0.600. The molecule has 1 aliphatic heterocycles. The summed E-state index contributed by atoms with van der Waals surface area (Å²) in [4.78, 5) is 14.1. The Kier molecular flexibility index (Phi) is 4.97. The summed E-state index contributed by atoms with van der Waals surface area (Å²) in [5.41, 5.74) is 6.02. The first-order valence-corrected chi connectivity index (χ1v) is 6.84. The molecule has 2 rings (SSSR count). The van der Waals surface area contributed by atoms with E-state index in [0.717, 1.165) is 19.3 Å². The predicted octanol–water partition coefficient (Wildman–Crippen LogP) is 0.378. The van der Waals surface area contributed by atoms with Gasteiger partial charge in [-0.15, -0.1) is 0 Å². The Bertz CT molecular complexity index is 283. The molecule has 0 radical (unpaired) electrons. The van der Waals surface area contributed by atoms with Crippen molar-refractivity contribution in [3.8, 4) is 0 Å². The van der Waals surface area contributed by atoms with Crippen LogP contribution in [0, 0.1) is 5.92 Å². The van der Waals surface area contributed by atoms with E-state index in [1.807, 2.05) is 4.90 Å². The zero-order valence-electron chi connectivity index (χ0n) is 11.1. The van der Waals surface area contributed by atoms with Crippen LogP contribution in [0.25, 0.3) is 0 Å². The van der Waals surface area contributed by atoms with Crippen molar-refractivity contribution < 1.29 is 14.3 Å². The van der Waals surface area contributed by atoms with Crippen LogP contribution in [0.3, 0.4) is 0 Å². The SMILES string of the molecule is COCC1CN(C(=O)C[C@@H]2CCC[C@H]2N)CCO1. The molecule has 0 aromatic carbocycles. The third-order valence-electron chi connectivity index (χ3n) is 4.00. The molecule has 0 spiro atoms. The van der Waals surface area contributed by atoms with Gasteiger partial charge in [-0.3, -0.25) is 4.79 Å². The minimum Gasteiger partial charge on any atom is -0.382 e. The molecule has 2 aliphatic rings. The number of amides is 1. The third kappa shape index (κ3) is 3.43. The Labute approximate surface area is 109 Å². The number of hydrogen-bond acceptors (Lipinski definition) is 4. The molecule has 1 saturated carbocycles. The Balaban J connectivity index is 1.80. The first-order chi connectivity index (χ1) is 8.70. The van der Waals surface area contributed by atoms with Crippen LogP contribution in [-0.4, -0.2) is 56.4 Å². The second-order valence-corrected chi connectivity index (χ2v) is 5.35. The first-order valence-electron chi connectivity index (χ1n) is 6.84. The van der Waals surface area contributed by atoms with Crippen LogP contribution in [0.2, 0.25) is 0 Å². The predicted molar refractivity (Wildman–Crippen MR) is 68.1 cm³/mol. The molecule has 1 aliphatic carbocycles. The van der Waals surface area contributed by atoms with Gasteiger partial charge in [-0.1, -0.05) is 6.42 Å². The number of carbonyl (C=O) groups is 1. The molecular weight excluding hydrogens is 232 g/mol. The van der Waals surface area contributed by atoms with E-state index in [1.165, 1.54) is 0 Å². The summed E-state index contributed by atoms with van der Waals surface area (Å²) in [6, 6.07) is 0.213. The highest BCUT2D eigenvalue weighted by Crippen LogP contribution is 2.27. The van der Waals surface area contributed by atoms with Crippen molar-refractivity contribution in [1.29, 1.82) is 0 Å². The van der Waals surface area contributed by atoms with Gasteiger partial charge in [0.05, 0.1) is 19.3 Å². The lowest BCUT2D eigenvalue weighted by atomic mass is 9.99. The van der Waals surface area contributed by atoms with E-state index in [-0.39, 0.29) is 18.1 Å². The van der Waals surface area contributed by atoms with Gasteiger partial charge < -0.3 is 20.1 Å². The van der Waals surface area contributed by atoms with E-state index in [2.05, 4.69) is 0 Å². The third-order valence-corrected chi connectivity index (χ3v) is 4.00. The maximum Gasteiger partial charge on any atom is 0.223 e. The van der Waals surface area contributed by atoms with Crippen molar-refractivity contribution in [2.24, 2.45) is 11.7 Å². The lowest BCUT2D eigenvalue weighted by Crippen LogP contribution is -2.48. The highest BCUT2D eigenvalue weighted by molar-refractivity contribution is 5.76. The van der Waals surface area contributed by atoms with E-state index < -0.39 is 0 Å². The van der Waals surface area contributed by atoms with E-state index in [0.29, 0.717) is 38.6 Å². The van der Waals surface area contributed by atoms with Crippen LogP contribution in [0.1, 0.15) is 25.7 Å². The minimum atomic E-state index is 0.0185. The molecule has 2 N–H and O–H groups in total. The molecule has 1 saturated heterocycles. The van der Waals surface area contributed by atoms with Crippen LogP contribution in [0.4, 0.5) is 0 Å². The molecule has 5 heteroatoms. The van der Waals surface area contributed by atoms with Crippen molar-refractivity contribution >= 4 is 5.91 Å². The lowest BCUT2D eigenvalue weighted by molar-refractivity contribution is -0.141. The zero-order chi connectivity index (χ0) is 13.0. The Morgan fingerprint density at radius 1 is 1.50 bits per heavy atom. The Morgan fingerprint density at radius 3 is 3.00 bits per heavy atom. The highest BCUT2D eigenvalue weighted by atomic mass is 16.5. The molecule has 5 nitrogen and oxygen atoms in total. The molecule has 0 aromatic heterocycles. The number of rotatable bonds is 4. The van der Waals surface area contributed by atoms with Gasteiger partial charge in [-0.05, 0) is 18.8 Å². The largest absolute Gasteiger partial charge is 0.382 e. The monoisotopic (exact) mass is 256 g/mol. The molecule has 1 heterocycles. The quantitative estimate of drug-likeness (QED) is 0.789. The lowest BCUT2D eigenvalue weighted by Gasteiger charge is -2.33. The fourth-order valence-electron chi connectivity index (χ4n) is 2.90. The Hall–Kier alpha value is -0.650. The van der Waals surface area contributed by atoms with Crippen molar-refractivity contribution in [1.82, 2.24) is 4.90 Å². The van der Waals surface area contributed by atoms with Crippen LogP contribution < -0.4 is 5.73 Å². The van der Waals surface area contributed by atoms with E-state index >= 15 is 0 Å². The number of nitrogens with two attached hydrogens (primary N) is 1. The number of hydrogen-bond donors (Lipinski definition) is 1. The normalized spacial score (nSPS) is 32.8. The van der Waals surface area contributed by atoms with Crippen molar-refractivity contribution in [2.75, 3.05) is 33.4 Å². The zero-order valence-corrected chi connectivity index (χ0v) is 11.1. The smallest absolute Gasteiger partial charge is 0.223 e. The number of nitrogens with zero attached hydrogens (tertiary/aromatic N) is 1. The number of morpholine rings is 1. The van der Waals surface area contributed by atoms with Gasteiger partial charge in [0.1, 0.15) is 0 Å². The van der Waals surface area contributed by atoms with Crippen LogP contribution in [-0.2, 0) is 14.3 Å². The fourth-order valence-corrected chi connectivity index (χ4v) is 2.90. The summed E-state index contributed by atoms with van der Waals surface area (Å²) in [6.07, 6.45) is 3.94. The standard InChI is InChI=1S/C13H24N2O3/c1-17-9-11-8-15(5-6-18-11)13(16)7-10-3-2-4-12(10)14/h10-12H,2-9,14H2,1H3/t10-,11?,12+/m0/s1. The van der Waals surface area contributed by atoms with Gasteiger partial charge in [0.2, 0.25) is 5.91 Å². The molecule has 0 bridgehead atoms. The second kappa shape index (κ2) is 6.50. The van der Waals surface area contributed by atoms with E-state index in [9.17, 15) is 4.79 Å². The molecule has 0 aromatic rings. The number of carbonyl (C=O) groups excluding carboxylic acids is 1. The van der Waals surface area contributed by atoms with Crippen molar-refractivity contribution in [2.45, 2.75) is 37.8 Å². The summed E-state index contributed by atoms with van der Waals surface area (Å²) in [5, 5.41) is 0. The fraction of sp³-hybridized carbons (Fsp3) is 0.923. The first kappa shape index (κ1) is 13.8. The second-order valence-electron chi connectivity index (χ2n) is 5.35. The minimum absolute atomic E-state index is 0.0185. The maximum absolute atomic E-state index is 12.2.